The second kappa shape index (κ2) is 5.52. The Morgan fingerprint density at radius 2 is 2.11 bits per heavy atom. The maximum atomic E-state index is 12.0. The van der Waals surface area contributed by atoms with Crippen molar-refractivity contribution in [2.45, 2.75) is 25.9 Å². The van der Waals surface area contributed by atoms with Crippen molar-refractivity contribution in [2.24, 2.45) is 0 Å². The first kappa shape index (κ1) is 13.7. The lowest BCUT2D eigenvalue weighted by Crippen LogP contribution is -2.40. The molecule has 0 radical (unpaired) electrons. The normalized spacial score (nSPS) is 20.4. The summed E-state index contributed by atoms with van der Waals surface area (Å²) in [6.07, 6.45) is 5.26. The molecule has 102 valence electrons. The van der Waals surface area contributed by atoms with E-state index in [1.54, 1.807) is 30.3 Å². The first-order valence-electron chi connectivity index (χ1n) is 6.11. The summed E-state index contributed by atoms with van der Waals surface area (Å²) in [6, 6.07) is 3.28. The predicted molar refractivity (Wildman–Crippen MR) is 71.8 cm³/mol. The number of pyridine rings is 1. The number of rotatable bonds is 4. The summed E-state index contributed by atoms with van der Waals surface area (Å²) in [7, 11) is -3.16. The first-order chi connectivity index (χ1) is 9.02. The van der Waals surface area contributed by atoms with Gasteiger partial charge in [0.2, 0.25) is 5.91 Å². The summed E-state index contributed by atoms with van der Waals surface area (Å²) in [5, 5.41) is 1.19. The molecule has 0 N–H and O–H groups in total. The molecular formula is C13H16N2O3S. The van der Waals surface area contributed by atoms with Crippen LogP contribution in [-0.4, -0.2) is 36.0 Å². The Kier molecular flexibility index (Phi) is 3.99. The largest absolute Gasteiger partial charge is 0.331 e. The fraction of sp³-hybridized carbons (Fsp3) is 0.385. The molecule has 1 aliphatic heterocycles. The van der Waals surface area contributed by atoms with Gasteiger partial charge in [-0.05, 0) is 23.8 Å². The van der Waals surface area contributed by atoms with E-state index in [1.165, 1.54) is 5.41 Å². The molecule has 2 rings (SSSR count). The molecule has 1 aliphatic rings. The first-order valence-corrected chi connectivity index (χ1v) is 7.82. The fourth-order valence-electron chi connectivity index (χ4n) is 2.03. The van der Waals surface area contributed by atoms with Crippen LogP contribution in [0, 0.1) is 0 Å². The molecule has 0 saturated carbocycles. The molecule has 19 heavy (non-hydrogen) atoms. The van der Waals surface area contributed by atoms with Crippen LogP contribution in [-0.2, 0) is 21.2 Å². The molecule has 1 atom stereocenters. The van der Waals surface area contributed by atoms with Gasteiger partial charge < -0.3 is 4.90 Å². The summed E-state index contributed by atoms with van der Waals surface area (Å²) in [4.78, 5) is 17.5. The molecule has 0 fully saturated rings. The van der Waals surface area contributed by atoms with Crippen molar-refractivity contribution in [2.75, 3.05) is 5.75 Å². The van der Waals surface area contributed by atoms with Gasteiger partial charge in [0.05, 0.1) is 11.8 Å². The Morgan fingerprint density at radius 3 is 2.63 bits per heavy atom. The van der Waals surface area contributed by atoms with Gasteiger partial charge in [-0.2, -0.15) is 0 Å². The topological polar surface area (TPSA) is 67.3 Å². The Bertz CT molecular complexity index is 581. The van der Waals surface area contributed by atoms with Crippen LogP contribution in [0.4, 0.5) is 0 Å². The monoisotopic (exact) mass is 280 g/mol. The van der Waals surface area contributed by atoms with Gasteiger partial charge >= 0.3 is 0 Å². The zero-order valence-electron chi connectivity index (χ0n) is 10.7. The van der Waals surface area contributed by atoms with E-state index in [1.807, 2.05) is 12.1 Å². The van der Waals surface area contributed by atoms with Gasteiger partial charge in [-0.25, -0.2) is 8.42 Å². The summed E-state index contributed by atoms with van der Waals surface area (Å²) in [5.41, 5.74) is 0.939. The summed E-state index contributed by atoms with van der Waals surface area (Å²) in [6.45, 7) is 2.18. The smallest absolute Gasteiger partial charge is 0.223 e. The second-order valence-corrected chi connectivity index (χ2v) is 6.39. The number of hydrogen-bond donors (Lipinski definition) is 0. The molecule has 0 saturated heterocycles. The van der Waals surface area contributed by atoms with Gasteiger partial charge in [0.1, 0.15) is 0 Å². The Labute approximate surface area is 112 Å². The highest BCUT2D eigenvalue weighted by Gasteiger charge is 2.29. The van der Waals surface area contributed by atoms with E-state index in [2.05, 4.69) is 4.98 Å². The van der Waals surface area contributed by atoms with Crippen LogP contribution >= 0.6 is 0 Å². The van der Waals surface area contributed by atoms with E-state index in [0.717, 1.165) is 5.56 Å². The molecule has 0 aromatic carbocycles. The summed E-state index contributed by atoms with van der Waals surface area (Å²) >= 11 is 0. The number of sulfone groups is 1. The number of amides is 1. The van der Waals surface area contributed by atoms with Gasteiger partial charge in [0, 0.05) is 30.8 Å². The number of carbonyl (C=O) groups excluding carboxylic acids is 1. The van der Waals surface area contributed by atoms with Crippen LogP contribution in [0.15, 0.2) is 36.0 Å². The third kappa shape index (κ3) is 3.41. The number of aromatic nitrogens is 1. The lowest BCUT2D eigenvalue weighted by molar-refractivity contribution is -0.132. The molecule has 1 aromatic heterocycles. The minimum absolute atomic E-state index is 0.0240. The van der Waals surface area contributed by atoms with E-state index in [4.69, 9.17) is 0 Å². The zero-order chi connectivity index (χ0) is 13.9. The van der Waals surface area contributed by atoms with Gasteiger partial charge in [0.15, 0.2) is 9.84 Å². The van der Waals surface area contributed by atoms with Crippen LogP contribution in [0.1, 0.15) is 18.9 Å². The quantitative estimate of drug-likeness (QED) is 0.829. The van der Waals surface area contributed by atoms with E-state index in [9.17, 15) is 13.2 Å². The lowest BCUT2D eigenvalue weighted by atomic mass is 10.2. The standard InChI is InChI=1S/C13H16N2O3S/c1-2-13(16)15(9-11-3-6-14-7-4-11)12-5-8-19(17,18)10-12/h3-8,12H,2,9-10H2,1H3. The highest BCUT2D eigenvalue weighted by Crippen LogP contribution is 2.18. The third-order valence-electron chi connectivity index (χ3n) is 3.04. The molecule has 5 nitrogen and oxygen atoms in total. The molecule has 0 spiro atoms. The average Bonchev–Trinajstić information content (AvgIpc) is 2.76. The SMILES string of the molecule is CCC(=O)N(Cc1ccncc1)C1C=CS(=O)(=O)C1. The number of hydrogen-bond acceptors (Lipinski definition) is 4. The Hall–Kier alpha value is -1.69. The lowest BCUT2D eigenvalue weighted by Gasteiger charge is -2.27. The highest BCUT2D eigenvalue weighted by molar-refractivity contribution is 7.94. The molecule has 0 bridgehead atoms. The molecule has 2 heterocycles. The molecule has 6 heteroatoms. The van der Waals surface area contributed by atoms with Crippen molar-refractivity contribution >= 4 is 15.7 Å². The van der Waals surface area contributed by atoms with E-state index in [-0.39, 0.29) is 17.7 Å². The average molecular weight is 280 g/mol. The van der Waals surface area contributed by atoms with Crippen molar-refractivity contribution in [3.63, 3.8) is 0 Å². The summed E-state index contributed by atoms with van der Waals surface area (Å²) in [5.74, 6) is -0.0762. The zero-order valence-corrected chi connectivity index (χ0v) is 11.5. The van der Waals surface area contributed by atoms with Crippen molar-refractivity contribution in [3.05, 3.63) is 41.6 Å². The van der Waals surface area contributed by atoms with Crippen LogP contribution in [0.3, 0.4) is 0 Å². The van der Waals surface area contributed by atoms with Gasteiger partial charge in [-0.1, -0.05) is 6.92 Å². The van der Waals surface area contributed by atoms with Gasteiger partial charge in [-0.3, -0.25) is 9.78 Å². The van der Waals surface area contributed by atoms with E-state index >= 15 is 0 Å². The maximum Gasteiger partial charge on any atom is 0.223 e. The Balaban J connectivity index is 2.18. The van der Waals surface area contributed by atoms with Gasteiger partial charge in [0.25, 0.3) is 0 Å². The van der Waals surface area contributed by atoms with Crippen LogP contribution in [0.2, 0.25) is 0 Å². The minimum atomic E-state index is -3.16. The minimum Gasteiger partial charge on any atom is -0.331 e. The van der Waals surface area contributed by atoms with E-state index < -0.39 is 9.84 Å². The van der Waals surface area contributed by atoms with Crippen LogP contribution in [0.25, 0.3) is 0 Å². The summed E-state index contributed by atoms with van der Waals surface area (Å²) < 4.78 is 22.9. The molecule has 0 aliphatic carbocycles. The maximum absolute atomic E-state index is 12.0. The molecule has 1 aromatic rings. The third-order valence-corrected chi connectivity index (χ3v) is 4.41. The second-order valence-electron chi connectivity index (χ2n) is 4.46. The molecule has 1 amide bonds. The van der Waals surface area contributed by atoms with Crippen LogP contribution in [0.5, 0.6) is 0 Å². The van der Waals surface area contributed by atoms with Crippen molar-refractivity contribution < 1.29 is 13.2 Å². The molecule has 1 unspecified atom stereocenters. The van der Waals surface area contributed by atoms with Crippen molar-refractivity contribution in [1.29, 1.82) is 0 Å². The fourth-order valence-corrected chi connectivity index (χ4v) is 3.33. The van der Waals surface area contributed by atoms with E-state index in [0.29, 0.717) is 13.0 Å². The van der Waals surface area contributed by atoms with Gasteiger partial charge in [-0.15, -0.1) is 0 Å². The van der Waals surface area contributed by atoms with Crippen molar-refractivity contribution in [1.82, 2.24) is 9.88 Å². The Morgan fingerprint density at radius 1 is 1.42 bits per heavy atom. The predicted octanol–water partition coefficient (Wildman–Crippen LogP) is 1.13. The number of carbonyl (C=O) groups is 1. The number of nitrogens with zero attached hydrogens (tertiary/aromatic N) is 2. The molecular weight excluding hydrogens is 264 g/mol. The van der Waals surface area contributed by atoms with Crippen LogP contribution < -0.4 is 0 Å². The van der Waals surface area contributed by atoms with Crippen molar-refractivity contribution in [3.8, 4) is 0 Å². The highest BCUT2D eigenvalue weighted by atomic mass is 32.2.